The Hall–Kier alpha value is -0.610. The Kier molecular flexibility index (Phi) is 3.73. The lowest BCUT2D eigenvalue weighted by Gasteiger charge is -2.13. The first-order valence-corrected chi connectivity index (χ1v) is 7.09. The van der Waals surface area contributed by atoms with Gasteiger partial charge in [0.15, 0.2) is 0 Å². The van der Waals surface area contributed by atoms with Crippen molar-refractivity contribution < 1.29 is 0 Å². The molecule has 0 saturated carbocycles. The molecule has 17 heavy (non-hydrogen) atoms. The van der Waals surface area contributed by atoms with Crippen LogP contribution in [-0.4, -0.2) is 12.0 Å². The quantitative estimate of drug-likeness (QED) is 0.824. The Balaban J connectivity index is 2.78. The van der Waals surface area contributed by atoms with Gasteiger partial charge in [-0.15, -0.1) is 0 Å². The third-order valence-corrected chi connectivity index (χ3v) is 3.79. The summed E-state index contributed by atoms with van der Waals surface area (Å²) in [5, 5.41) is 4.31. The van der Waals surface area contributed by atoms with E-state index in [0.717, 1.165) is 25.7 Å². The first-order chi connectivity index (χ1) is 8.02. The predicted molar refractivity (Wildman–Crippen MR) is 80.8 cm³/mol. The zero-order valence-electron chi connectivity index (χ0n) is 10.0. The molecule has 2 rings (SSSR count). The smallest absolute Gasteiger partial charge is 0.129 e. The van der Waals surface area contributed by atoms with E-state index < -0.39 is 0 Å². The molecule has 0 saturated heterocycles. The number of nitrogens with one attached hydrogen (secondary N) is 1. The van der Waals surface area contributed by atoms with Gasteiger partial charge in [0, 0.05) is 21.4 Å². The molecule has 0 aliphatic carbocycles. The maximum Gasteiger partial charge on any atom is 0.129 e. The lowest BCUT2D eigenvalue weighted by molar-refractivity contribution is 0.864. The van der Waals surface area contributed by atoms with Gasteiger partial charge in [0.25, 0.3) is 0 Å². The third kappa shape index (κ3) is 2.47. The van der Waals surface area contributed by atoms with Crippen molar-refractivity contribution in [3.63, 3.8) is 0 Å². The molecule has 4 heteroatoms. The first kappa shape index (κ1) is 12.8. The number of nitrogens with zero attached hydrogens (tertiary/aromatic N) is 1. The Morgan fingerprint density at radius 1 is 1.18 bits per heavy atom. The number of rotatable bonds is 2. The molecular formula is C13H14Br2N2. The number of benzene rings is 1. The molecule has 0 aliphatic rings. The van der Waals surface area contributed by atoms with E-state index in [9.17, 15) is 0 Å². The van der Waals surface area contributed by atoms with Crippen molar-refractivity contribution in [2.24, 2.45) is 0 Å². The van der Waals surface area contributed by atoms with Gasteiger partial charge in [0.2, 0.25) is 0 Å². The molecule has 0 aliphatic heterocycles. The van der Waals surface area contributed by atoms with Gasteiger partial charge in [-0.3, -0.25) is 0 Å². The second-order valence-corrected chi connectivity index (χ2v) is 6.06. The summed E-state index contributed by atoms with van der Waals surface area (Å²) in [6.45, 7) is 4.35. The second-order valence-electron chi connectivity index (χ2n) is 4.29. The highest BCUT2D eigenvalue weighted by atomic mass is 79.9. The highest BCUT2D eigenvalue weighted by Crippen LogP contribution is 2.32. The van der Waals surface area contributed by atoms with Crippen LogP contribution in [0, 0.1) is 0 Å². The summed E-state index contributed by atoms with van der Waals surface area (Å²) in [7, 11) is 1.91. The molecule has 0 spiro atoms. The van der Waals surface area contributed by atoms with Gasteiger partial charge in [0.1, 0.15) is 5.82 Å². The van der Waals surface area contributed by atoms with Gasteiger partial charge in [0.05, 0.1) is 5.52 Å². The number of aromatic nitrogens is 1. The molecule has 0 atom stereocenters. The molecule has 2 aromatic rings. The van der Waals surface area contributed by atoms with Crippen molar-refractivity contribution in [2.75, 3.05) is 12.4 Å². The molecule has 0 unspecified atom stereocenters. The number of pyridine rings is 1. The molecular weight excluding hydrogens is 344 g/mol. The van der Waals surface area contributed by atoms with E-state index in [1.54, 1.807) is 0 Å². The van der Waals surface area contributed by atoms with Crippen LogP contribution in [0.5, 0.6) is 0 Å². The molecule has 0 bridgehead atoms. The minimum atomic E-state index is 0.451. The van der Waals surface area contributed by atoms with E-state index in [0.29, 0.717) is 5.92 Å². The van der Waals surface area contributed by atoms with Crippen LogP contribution >= 0.6 is 31.9 Å². The molecule has 0 radical (unpaired) electrons. The van der Waals surface area contributed by atoms with E-state index in [4.69, 9.17) is 0 Å². The molecule has 0 amide bonds. The standard InChI is InChI=1S/C13H14Br2N2/c1-7(2)10-5-8-4-9(14)6-11(15)12(8)17-13(10)16-3/h4-7H,1-3H3,(H,16,17). The SMILES string of the molecule is CNc1nc2c(Br)cc(Br)cc2cc1C(C)C. The van der Waals surface area contributed by atoms with Crippen molar-refractivity contribution in [2.45, 2.75) is 19.8 Å². The summed E-state index contributed by atoms with van der Waals surface area (Å²) < 4.78 is 2.07. The number of hydrogen-bond donors (Lipinski definition) is 1. The zero-order valence-corrected chi connectivity index (χ0v) is 13.2. The van der Waals surface area contributed by atoms with Crippen molar-refractivity contribution >= 4 is 48.6 Å². The fraction of sp³-hybridized carbons (Fsp3) is 0.308. The third-order valence-electron chi connectivity index (χ3n) is 2.72. The Morgan fingerprint density at radius 2 is 1.88 bits per heavy atom. The first-order valence-electron chi connectivity index (χ1n) is 5.50. The fourth-order valence-corrected chi connectivity index (χ4v) is 3.21. The summed E-state index contributed by atoms with van der Waals surface area (Å²) in [4.78, 5) is 4.68. The molecule has 1 aromatic heterocycles. The van der Waals surface area contributed by atoms with E-state index in [1.165, 1.54) is 5.56 Å². The Bertz CT molecular complexity index is 565. The minimum absolute atomic E-state index is 0.451. The summed E-state index contributed by atoms with van der Waals surface area (Å²) in [6, 6.07) is 6.32. The van der Waals surface area contributed by atoms with Crippen LogP contribution in [0.4, 0.5) is 5.82 Å². The lowest BCUT2D eigenvalue weighted by atomic mass is 10.0. The monoisotopic (exact) mass is 356 g/mol. The minimum Gasteiger partial charge on any atom is -0.373 e. The second kappa shape index (κ2) is 4.94. The number of halogens is 2. The molecule has 1 N–H and O–H groups in total. The van der Waals surface area contributed by atoms with Gasteiger partial charge in [-0.05, 0) is 45.6 Å². The molecule has 1 aromatic carbocycles. The molecule has 0 fully saturated rings. The van der Waals surface area contributed by atoms with Gasteiger partial charge in [-0.2, -0.15) is 0 Å². The van der Waals surface area contributed by atoms with Crippen LogP contribution in [0.3, 0.4) is 0 Å². The maximum absolute atomic E-state index is 4.68. The lowest BCUT2D eigenvalue weighted by Crippen LogP contribution is -2.01. The van der Waals surface area contributed by atoms with Crippen molar-refractivity contribution in [1.29, 1.82) is 0 Å². The average Bonchev–Trinajstić information content (AvgIpc) is 2.27. The highest BCUT2D eigenvalue weighted by molar-refractivity contribution is 9.11. The van der Waals surface area contributed by atoms with Gasteiger partial charge in [-0.25, -0.2) is 4.98 Å². The molecule has 2 nitrogen and oxygen atoms in total. The van der Waals surface area contributed by atoms with Crippen LogP contribution in [0.1, 0.15) is 25.3 Å². The van der Waals surface area contributed by atoms with E-state index in [2.05, 4.69) is 68.1 Å². The highest BCUT2D eigenvalue weighted by Gasteiger charge is 2.11. The number of fused-ring (bicyclic) bond motifs is 1. The number of hydrogen-bond acceptors (Lipinski definition) is 2. The van der Waals surface area contributed by atoms with E-state index in [-0.39, 0.29) is 0 Å². The normalized spacial score (nSPS) is 11.2. The van der Waals surface area contributed by atoms with Crippen molar-refractivity contribution in [3.8, 4) is 0 Å². The zero-order chi connectivity index (χ0) is 12.6. The Labute approximate surface area is 118 Å². The van der Waals surface area contributed by atoms with Crippen molar-refractivity contribution in [1.82, 2.24) is 4.98 Å². The summed E-state index contributed by atoms with van der Waals surface area (Å²) in [5.41, 5.74) is 2.23. The van der Waals surface area contributed by atoms with Crippen LogP contribution in [0.2, 0.25) is 0 Å². The van der Waals surface area contributed by atoms with Crippen LogP contribution < -0.4 is 5.32 Å². The van der Waals surface area contributed by atoms with Crippen LogP contribution in [0.15, 0.2) is 27.1 Å². The summed E-state index contributed by atoms with van der Waals surface area (Å²) in [5.74, 6) is 1.41. The van der Waals surface area contributed by atoms with E-state index in [1.807, 2.05) is 13.1 Å². The van der Waals surface area contributed by atoms with Gasteiger partial charge in [-0.1, -0.05) is 29.8 Å². The van der Waals surface area contributed by atoms with Crippen LogP contribution in [-0.2, 0) is 0 Å². The van der Waals surface area contributed by atoms with E-state index >= 15 is 0 Å². The fourth-order valence-electron chi connectivity index (χ4n) is 1.87. The topological polar surface area (TPSA) is 24.9 Å². The largest absolute Gasteiger partial charge is 0.373 e. The summed E-state index contributed by atoms with van der Waals surface area (Å²) in [6.07, 6.45) is 0. The van der Waals surface area contributed by atoms with Crippen molar-refractivity contribution in [3.05, 3.63) is 32.7 Å². The molecule has 1 heterocycles. The Morgan fingerprint density at radius 3 is 2.47 bits per heavy atom. The molecule has 90 valence electrons. The predicted octanol–water partition coefficient (Wildman–Crippen LogP) is 4.92. The number of anilines is 1. The van der Waals surface area contributed by atoms with Crippen LogP contribution in [0.25, 0.3) is 10.9 Å². The average molecular weight is 358 g/mol. The van der Waals surface area contributed by atoms with Gasteiger partial charge >= 0.3 is 0 Å². The van der Waals surface area contributed by atoms with Gasteiger partial charge < -0.3 is 5.32 Å². The maximum atomic E-state index is 4.68. The summed E-state index contributed by atoms with van der Waals surface area (Å²) >= 11 is 7.06.